The van der Waals surface area contributed by atoms with Crippen molar-refractivity contribution >= 4 is 17.2 Å². The van der Waals surface area contributed by atoms with E-state index in [4.69, 9.17) is 0 Å². The number of rotatable bonds is 1. The first-order valence-electron chi connectivity index (χ1n) is 6.45. The zero-order valence-corrected chi connectivity index (χ0v) is 10.3. The number of aliphatic imine (C=N–C) groups is 2. The maximum Gasteiger partial charge on any atom is 0.150 e. The van der Waals surface area contributed by atoms with Crippen LogP contribution in [0.2, 0.25) is 0 Å². The summed E-state index contributed by atoms with van der Waals surface area (Å²) in [7, 11) is 0. The molecule has 2 unspecified atom stereocenters. The Kier molecular flexibility index (Phi) is 2.32. The summed E-state index contributed by atoms with van der Waals surface area (Å²) in [6.07, 6.45) is 10.4. The maximum absolute atomic E-state index is 4.66. The first-order chi connectivity index (χ1) is 9.40. The van der Waals surface area contributed by atoms with Gasteiger partial charge in [0, 0.05) is 0 Å². The van der Waals surface area contributed by atoms with Crippen LogP contribution in [0.5, 0.6) is 0 Å². The molecule has 2 aliphatic heterocycles. The lowest BCUT2D eigenvalue weighted by molar-refractivity contribution is 0.691. The van der Waals surface area contributed by atoms with Crippen LogP contribution in [0.1, 0.15) is 5.56 Å². The molecule has 0 amide bonds. The summed E-state index contributed by atoms with van der Waals surface area (Å²) >= 11 is 0. The highest BCUT2D eigenvalue weighted by Gasteiger charge is 2.30. The number of nitrogens with zero attached hydrogens (tertiary/aromatic N) is 2. The number of hydrogen-bond donors (Lipinski definition) is 1. The average molecular weight is 247 g/mol. The first kappa shape index (κ1) is 10.6. The van der Waals surface area contributed by atoms with E-state index in [1.165, 1.54) is 0 Å². The Labute approximate surface area is 111 Å². The number of hydrogen-bond acceptors (Lipinski definition) is 3. The molecule has 3 aliphatic rings. The van der Waals surface area contributed by atoms with Crippen LogP contribution >= 0.6 is 0 Å². The molecule has 92 valence electrons. The van der Waals surface area contributed by atoms with Gasteiger partial charge >= 0.3 is 0 Å². The number of nitrogens with one attached hydrogen (secondary N) is 1. The SMILES string of the molecule is C1=CC2=NC3=NC(c4ccccc4)=CC3NC2C=C1. The van der Waals surface area contributed by atoms with Gasteiger partial charge in [-0.1, -0.05) is 48.6 Å². The molecule has 3 nitrogen and oxygen atoms in total. The summed E-state index contributed by atoms with van der Waals surface area (Å²) in [6, 6.07) is 10.6. The maximum atomic E-state index is 4.66. The highest BCUT2D eigenvalue weighted by Crippen LogP contribution is 2.25. The monoisotopic (exact) mass is 247 g/mol. The smallest absolute Gasteiger partial charge is 0.150 e. The number of amidine groups is 1. The van der Waals surface area contributed by atoms with Crippen molar-refractivity contribution in [1.82, 2.24) is 5.32 Å². The van der Waals surface area contributed by atoms with Gasteiger partial charge < -0.3 is 0 Å². The van der Waals surface area contributed by atoms with Crippen molar-refractivity contribution in [2.45, 2.75) is 12.1 Å². The molecule has 0 radical (unpaired) electrons. The van der Waals surface area contributed by atoms with Gasteiger partial charge in [-0.15, -0.1) is 0 Å². The molecule has 0 fully saturated rings. The third-order valence-corrected chi connectivity index (χ3v) is 3.51. The molecule has 3 heteroatoms. The molecule has 0 spiro atoms. The molecule has 0 aromatic heterocycles. The second-order valence-corrected chi connectivity index (χ2v) is 4.79. The van der Waals surface area contributed by atoms with Gasteiger partial charge in [-0.3, -0.25) is 5.32 Å². The highest BCUT2D eigenvalue weighted by atomic mass is 15.1. The fourth-order valence-electron chi connectivity index (χ4n) is 2.55. The molecule has 0 saturated heterocycles. The predicted octanol–water partition coefficient (Wildman–Crippen LogP) is 2.35. The van der Waals surface area contributed by atoms with Crippen LogP contribution in [0.15, 0.2) is 70.7 Å². The van der Waals surface area contributed by atoms with Crippen molar-refractivity contribution in [2.75, 3.05) is 0 Å². The molecule has 2 heterocycles. The lowest BCUT2D eigenvalue weighted by Crippen LogP contribution is -2.48. The van der Waals surface area contributed by atoms with E-state index in [-0.39, 0.29) is 12.1 Å². The Morgan fingerprint density at radius 3 is 2.74 bits per heavy atom. The Morgan fingerprint density at radius 2 is 1.84 bits per heavy atom. The quantitative estimate of drug-likeness (QED) is 0.812. The van der Waals surface area contributed by atoms with E-state index in [9.17, 15) is 0 Å². The van der Waals surface area contributed by atoms with E-state index in [2.05, 4.69) is 45.7 Å². The van der Waals surface area contributed by atoms with E-state index in [0.717, 1.165) is 22.8 Å². The zero-order chi connectivity index (χ0) is 12.7. The van der Waals surface area contributed by atoms with Gasteiger partial charge in [0.1, 0.15) is 5.84 Å². The summed E-state index contributed by atoms with van der Waals surface area (Å²) < 4.78 is 0. The summed E-state index contributed by atoms with van der Waals surface area (Å²) in [4.78, 5) is 9.30. The van der Waals surface area contributed by atoms with Gasteiger partial charge in [-0.25, -0.2) is 9.98 Å². The first-order valence-corrected chi connectivity index (χ1v) is 6.45. The fraction of sp³-hybridized carbons (Fsp3) is 0.125. The highest BCUT2D eigenvalue weighted by molar-refractivity contribution is 6.14. The number of allylic oxidation sites excluding steroid dienone is 2. The number of benzene rings is 1. The zero-order valence-electron chi connectivity index (χ0n) is 10.3. The summed E-state index contributed by atoms with van der Waals surface area (Å²) in [6.45, 7) is 0. The topological polar surface area (TPSA) is 36.8 Å². The standard InChI is InChI=1S/C16H13N3/c1-2-6-11(7-3-1)14-10-15-16(19-14)18-13-9-5-4-8-12(13)17-15/h1-10,12,15,17H. The van der Waals surface area contributed by atoms with Gasteiger partial charge in [-0.2, -0.15) is 0 Å². The molecule has 0 bridgehead atoms. The minimum Gasteiger partial charge on any atom is -0.292 e. The Balaban J connectivity index is 1.71. The second-order valence-electron chi connectivity index (χ2n) is 4.79. The van der Waals surface area contributed by atoms with Gasteiger partial charge in [0.25, 0.3) is 0 Å². The van der Waals surface area contributed by atoms with E-state index in [1.807, 2.05) is 30.4 Å². The largest absolute Gasteiger partial charge is 0.292 e. The third-order valence-electron chi connectivity index (χ3n) is 3.51. The van der Waals surface area contributed by atoms with Crippen molar-refractivity contribution < 1.29 is 0 Å². The summed E-state index contributed by atoms with van der Waals surface area (Å²) in [5.74, 6) is 0.866. The van der Waals surface area contributed by atoms with Gasteiger partial charge in [0.2, 0.25) is 0 Å². The lowest BCUT2D eigenvalue weighted by Gasteiger charge is -2.26. The molecule has 19 heavy (non-hydrogen) atoms. The predicted molar refractivity (Wildman–Crippen MR) is 78.3 cm³/mol. The molecule has 1 N–H and O–H groups in total. The van der Waals surface area contributed by atoms with Crippen molar-refractivity contribution in [2.24, 2.45) is 9.98 Å². The van der Waals surface area contributed by atoms with Crippen molar-refractivity contribution in [3.8, 4) is 0 Å². The van der Waals surface area contributed by atoms with Crippen LogP contribution in [0.4, 0.5) is 0 Å². The van der Waals surface area contributed by atoms with E-state index in [1.54, 1.807) is 0 Å². The Morgan fingerprint density at radius 1 is 0.947 bits per heavy atom. The molecule has 4 rings (SSSR count). The fourth-order valence-corrected chi connectivity index (χ4v) is 2.55. The molecule has 0 saturated carbocycles. The van der Waals surface area contributed by atoms with Crippen LogP contribution in [-0.4, -0.2) is 23.6 Å². The van der Waals surface area contributed by atoms with Crippen LogP contribution < -0.4 is 5.32 Å². The normalized spacial score (nSPS) is 27.3. The van der Waals surface area contributed by atoms with Crippen molar-refractivity contribution in [3.63, 3.8) is 0 Å². The minimum absolute atomic E-state index is 0.125. The van der Waals surface area contributed by atoms with Crippen LogP contribution in [-0.2, 0) is 0 Å². The van der Waals surface area contributed by atoms with Gasteiger partial charge in [0.15, 0.2) is 0 Å². The molecular weight excluding hydrogens is 234 g/mol. The second kappa shape index (κ2) is 4.14. The van der Waals surface area contributed by atoms with Crippen molar-refractivity contribution in [1.29, 1.82) is 0 Å². The Hall–Kier alpha value is -2.26. The van der Waals surface area contributed by atoms with Crippen LogP contribution in [0, 0.1) is 0 Å². The Bertz CT molecular complexity index is 662. The van der Waals surface area contributed by atoms with Gasteiger partial charge in [0.05, 0.1) is 23.5 Å². The van der Waals surface area contributed by atoms with E-state index in [0.29, 0.717) is 0 Å². The summed E-state index contributed by atoms with van der Waals surface area (Å²) in [5, 5.41) is 3.54. The molecule has 2 atom stereocenters. The van der Waals surface area contributed by atoms with E-state index >= 15 is 0 Å². The lowest BCUT2D eigenvalue weighted by atomic mass is 10.0. The van der Waals surface area contributed by atoms with Crippen LogP contribution in [0.25, 0.3) is 5.70 Å². The molecule has 1 aliphatic carbocycles. The minimum atomic E-state index is 0.125. The van der Waals surface area contributed by atoms with Crippen molar-refractivity contribution in [3.05, 3.63) is 66.3 Å². The van der Waals surface area contributed by atoms with E-state index < -0.39 is 0 Å². The third kappa shape index (κ3) is 1.79. The van der Waals surface area contributed by atoms with Gasteiger partial charge in [-0.05, 0) is 17.7 Å². The average Bonchev–Trinajstić information content (AvgIpc) is 2.88. The molecule has 1 aromatic rings. The summed E-state index contributed by atoms with van der Waals surface area (Å²) in [5.41, 5.74) is 3.18. The molecular formula is C16H13N3. The molecule has 1 aromatic carbocycles. The van der Waals surface area contributed by atoms with Crippen LogP contribution in [0.3, 0.4) is 0 Å². The number of fused-ring (bicyclic) bond motifs is 2.